The van der Waals surface area contributed by atoms with Crippen molar-refractivity contribution in [3.63, 3.8) is 0 Å². The molecule has 6 aromatic carbocycles. The van der Waals surface area contributed by atoms with Crippen molar-refractivity contribution in [2.24, 2.45) is 0 Å². The zero-order valence-electron chi connectivity index (χ0n) is 22.3. The van der Waals surface area contributed by atoms with Crippen molar-refractivity contribution >= 4 is 43.9 Å². The Hall–Kier alpha value is -6.10. The lowest BCUT2D eigenvalue weighted by atomic mass is 9.86. The van der Waals surface area contributed by atoms with Crippen LogP contribution in [0.3, 0.4) is 0 Å². The van der Waals surface area contributed by atoms with Gasteiger partial charge in [0.25, 0.3) is 0 Å². The number of fused-ring (bicyclic) bond motifs is 6. The number of rotatable bonds is 3. The second kappa shape index (κ2) is 9.24. The van der Waals surface area contributed by atoms with E-state index in [4.69, 9.17) is 8.83 Å². The summed E-state index contributed by atoms with van der Waals surface area (Å²) in [5, 5.41) is 24.6. The van der Waals surface area contributed by atoms with Gasteiger partial charge in [0.2, 0.25) is 0 Å². The fourth-order valence-corrected chi connectivity index (χ4v) is 5.98. The van der Waals surface area contributed by atoms with Gasteiger partial charge in [-0.2, -0.15) is 10.5 Å². The predicted molar refractivity (Wildman–Crippen MR) is 167 cm³/mol. The molecule has 0 unspecified atom stereocenters. The molecular weight excluding hydrogens is 516 g/mol. The van der Waals surface area contributed by atoms with Gasteiger partial charge in [-0.1, -0.05) is 66.7 Å². The molecule has 0 amide bonds. The summed E-state index contributed by atoms with van der Waals surface area (Å²) in [4.78, 5) is 0. The third-order valence-corrected chi connectivity index (χ3v) is 7.99. The monoisotopic (exact) mass is 536 g/mol. The highest BCUT2D eigenvalue weighted by atomic mass is 16.3. The van der Waals surface area contributed by atoms with Crippen LogP contribution in [0.5, 0.6) is 0 Å². The molecule has 0 aliphatic rings. The van der Waals surface area contributed by atoms with Crippen LogP contribution in [0, 0.1) is 22.7 Å². The smallest absolute Gasteiger partial charge is 0.135 e. The molecule has 0 spiro atoms. The number of furan rings is 2. The van der Waals surface area contributed by atoms with Gasteiger partial charge in [0.15, 0.2) is 0 Å². The molecule has 4 nitrogen and oxygen atoms in total. The Balaban J connectivity index is 1.43. The first kappa shape index (κ1) is 23.8. The molecule has 194 valence electrons. The molecule has 0 saturated heterocycles. The Morgan fingerprint density at radius 2 is 0.952 bits per heavy atom. The summed E-state index contributed by atoms with van der Waals surface area (Å²) in [5.41, 5.74) is 9.39. The van der Waals surface area contributed by atoms with E-state index in [1.54, 1.807) is 6.07 Å². The van der Waals surface area contributed by atoms with Gasteiger partial charge in [0, 0.05) is 38.2 Å². The van der Waals surface area contributed by atoms with E-state index < -0.39 is 0 Å². The minimum Gasteiger partial charge on any atom is -0.456 e. The second-order valence-corrected chi connectivity index (χ2v) is 10.3. The van der Waals surface area contributed by atoms with E-state index >= 15 is 0 Å². The van der Waals surface area contributed by atoms with Crippen LogP contribution in [0.15, 0.2) is 130 Å². The largest absolute Gasteiger partial charge is 0.456 e. The van der Waals surface area contributed by atoms with Crippen molar-refractivity contribution < 1.29 is 8.83 Å². The van der Waals surface area contributed by atoms with Gasteiger partial charge in [0.05, 0.1) is 17.2 Å². The molecule has 0 N–H and O–H groups in total. The maximum Gasteiger partial charge on any atom is 0.135 e. The summed E-state index contributed by atoms with van der Waals surface area (Å²) < 4.78 is 12.2. The van der Waals surface area contributed by atoms with Crippen LogP contribution >= 0.6 is 0 Å². The molecule has 4 heteroatoms. The number of para-hydroxylation sites is 2. The number of hydrogen-bond acceptors (Lipinski definition) is 4. The van der Waals surface area contributed by atoms with E-state index in [0.717, 1.165) is 77.3 Å². The Kier molecular flexibility index (Phi) is 5.22. The van der Waals surface area contributed by atoms with Gasteiger partial charge < -0.3 is 8.83 Å². The minimum absolute atomic E-state index is 0.517. The van der Waals surface area contributed by atoms with Crippen molar-refractivity contribution in [3.05, 3.63) is 132 Å². The fourth-order valence-electron chi connectivity index (χ4n) is 5.98. The van der Waals surface area contributed by atoms with Crippen molar-refractivity contribution in [1.29, 1.82) is 10.5 Å². The van der Waals surface area contributed by atoms with Crippen molar-refractivity contribution in [3.8, 4) is 45.5 Å². The number of benzene rings is 6. The Bertz CT molecular complexity index is 2450. The van der Waals surface area contributed by atoms with Crippen LogP contribution in [0.2, 0.25) is 0 Å². The molecule has 0 aliphatic heterocycles. The summed E-state index contributed by atoms with van der Waals surface area (Å²) in [6, 6.07) is 44.5. The maximum atomic E-state index is 10.6. The average Bonchev–Trinajstić information content (AvgIpc) is 3.61. The first-order valence-corrected chi connectivity index (χ1v) is 13.6. The summed E-state index contributed by atoms with van der Waals surface area (Å²) in [7, 11) is 0. The Labute approximate surface area is 240 Å². The highest BCUT2D eigenvalue weighted by Crippen LogP contribution is 2.41. The van der Waals surface area contributed by atoms with E-state index in [0.29, 0.717) is 11.1 Å². The van der Waals surface area contributed by atoms with Crippen LogP contribution in [0.4, 0.5) is 0 Å². The Morgan fingerprint density at radius 3 is 1.62 bits per heavy atom. The van der Waals surface area contributed by atoms with Gasteiger partial charge in [-0.15, -0.1) is 0 Å². The topological polar surface area (TPSA) is 73.9 Å². The van der Waals surface area contributed by atoms with Gasteiger partial charge in [-0.25, -0.2) is 0 Å². The number of nitrogens with zero attached hydrogens (tertiary/aromatic N) is 2. The standard InChI is InChI=1S/C38H20N2O2/c39-21-25-7-1-2-8-27(25)31-20-26(23-13-15-37-32(17-23)28-9-3-5-11-35(28)41-37)19-30(34(31)22-40)24-14-16-38-33(18-24)29-10-4-6-12-36(29)42-38/h1-20H. The molecule has 0 aliphatic carbocycles. The van der Waals surface area contributed by atoms with Gasteiger partial charge >= 0.3 is 0 Å². The first-order chi connectivity index (χ1) is 20.7. The van der Waals surface area contributed by atoms with E-state index in [1.165, 1.54) is 0 Å². The molecule has 0 saturated carbocycles. The zero-order chi connectivity index (χ0) is 28.2. The lowest BCUT2D eigenvalue weighted by Crippen LogP contribution is -1.94. The van der Waals surface area contributed by atoms with E-state index in [9.17, 15) is 10.5 Å². The molecule has 2 aromatic heterocycles. The van der Waals surface area contributed by atoms with Crippen molar-refractivity contribution in [2.75, 3.05) is 0 Å². The lowest BCUT2D eigenvalue weighted by Gasteiger charge is -2.15. The van der Waals surface area contributed by atoms with Crippen LogP contribution in [0.1, 0.15) is 11.1 Å². The fraction of sp³-hybridized carbons (Fsp3) is 0. The zero-order valence-corrected chi connectivity index (χ0v) is 22.3. The predicted octanol–water partition coefficient (Wildman–Crippen LogP) is 10.2. The van der Waals surface area contributed by atoms with Crippen LogP contribution in [-0.4, -0.2) is 0 Å². The molecule has 42 heavy (non-hydrogen) atoms. The summed E-state index contributed by atoms with van der Waals surface area (Å²) in [6.07, 6.45) is 0. The second-order valence-electron chi connectivity index (χ2n) is 10.3. The molecule has 0 atom stereocenters. The molecule has 0 fully saturated rings. The van der Waals surface area contributed by atoms with Crippen LogP contribution in [-0.2, 0) is 0 Å². The van der Waals surface area contributed by atoms with E-state index in [1.807, 2.05) is 91.0 Å². The average molecular weight is 537 g/mol. The molecule has 0 bridgehead atoms. The maximum absolute atomic E-state index is 10.6. The SMILES string of the molecule is N#Cc1ccccc1-c1cc(-c2ccc3oc4ccccc4c3c2)cc(-c2ccc3oc4ccccc4c3c2)c1C#N. The highest BCUT2D eigenvalue weighted by Gasteiger charge is 2.19. The summed E-state index contributed by atoms with van der Waals surface area (Å²) in [6.45, 7) is 0. The third-order valence-electron chi connectivity index (χ3n) is 7.99. The lowest BCUT2D eigenvalue weighted by molar-refractivity contribution is 0.668. The third kappa shape index (κ3) is 3.60. The normalized spacial score (nSPS) is 11.3. The van der Waals surface area contributed by atoms with Gasteiger partial charge in [0.1, 0.15) is 28.4 Å². The minimum atomic E-state index is 0.517. The molecule has 8 aromatic rings. The Morgan fingerprint density at radius 1 is 0.405 bits per heavy atom. The summed E-state index contributed by atoms with van der Waals surface area (Å²) in [5.74, 6) is 0. The number of nitriles is 2. The van der Waals surface area contributed by atoms with Gasteiger partial charge in [-0.05, 0) is 71.3 Å². The summed E-state index contributed by atoms with van der Waals surface area (Å²) >= 11 is 0. The molecule has 2 heterocycles. The molecule has 8 rings (SSSR count). The molecule has 0 radical (unpaired) electrons. The molecular formula is C38H20N2O2. The van der Waals surface area contributed by atoms with Crippen LogP contribution in [0.25, 0.3) is 77.3 Å². The van der Waals surface area contributed by atoms with Gasteiger partial charge in [-0.3, -0.25) is 0 Å². The van der Waals surface area contributed by atoms with Crippen molar-refractivity contribution in [2.45, 2.75) is 0 Å². The number of hydrogen-bond donors (Lipinski definition) is 0. The van der Waals surface area contributed by atoms with Crippen molar-refractivity contribution in [1.82, 2.24) is 0 Å². The van der Waals surface area contributed by atoms with Crippen LogP contribution < -0.4 is 0 Å². The first-order valence-electron chi connectivity index (χ1n) is 13.6. The van der Waals surface area contributed by atoms with E-state index in [2.05, 4.69) is 36.4 Å². The quantitative estimate of drug-likeness (QED) is 0.225. The highest BCUT2D eigenvalue weighted by molar-refractivity contribution is 6.08. The van der Waals surface area contributed by atoms with E-state index in [-0.39, 0.29) is 0 Å².